The average Bonchev–Trinajstić information content (AvgIpc) is 2.76. The smallest absolute Gasteiger partial charge is 0.123 e. The van der Waals surface area contributed by atoms with Crippen LogP contribution in [0.5, 0.6) is 0 Å². The van der Waals surface area contributed by atoms with Crippen molar-refractivity contribution in [3.63, 3.8) is 0 Å². The lowest BCUT2D eigenvalue weighted by atomic mass is 9.97. The third-order valence-corrected chi connectivity index (χ3v) is 3.23. The van der Waals surface area contributed by atoms with E-state index in [9.17, 15) is 4.39 Å². The first-order valence-electron chi connectivity index (χ1n) is 6.14. The summed E-state index contributed by atoms with van der Waals surface area (Å²) >= 11 is 0. The standard InChI is InChI=1S/C14H18FN3/c1-3-13(16)14(18-8-7-17-10(18)2)11-5-4-6-12(15)9-11/h4-9,13-14H,3,16H2,1-2H3. The molecule has 2 rings (SSSR count). The molecule has 96 valence electrons. The first-order chi connectivity index (χ1) is 8.63. The number of aryl methyl sites for hydroxylation is 1. The van der Waals surface area contributed by atoms with Gasteiger partial charge in [-0.05, 0) is 31.0 Å². The fourth-order valence-electron chi connectivity index (χ4n) is 2.21. The van der Waals surface area contributed by atoms with Crippen LogP contribution in [-0.4, -0.2) is 15.6 Å². The molecule has 0 aliphatic rings. The van der Waals surface area contributed by atoms with Gasteiger partial charge in [-0.2, -0.15) is 0 Å². The van der Waals surface area contributed by atoms with Gasteiger partial charge in [0.1, 0.15) is 11.6 Å². The molecule has 0 saturated carbocycles. The first-order valence-corrected chi connectivity index (χ1v) is 6.14. The van der Waals surface area contributed by atoms with Crippen LogP contribution in [0.4, 0.5) is 4.39 Å². The van der Waals surface area contributed by atoms with E-state index in [1.807, 2.05) is 30.7 Å². The number of nitrogens with zero attached hydrogens (tertiary/aromatic N) is 2. The lowest BCUT2D eigenvalue weighted by Crippen LogP contribution is -2.32. The molecule has 0 saturated heterocycles. The van der Waals surface area contributed by atoms with E-state index in [-0.39, 0.29) is 17.9 Å². The van der Waals surface area contributed by atoms with E-state index < -0.39 is 0 Å². The summed E-state index contributed by atoms with van der Waals surface area (Å²) in [5, 5.41) is 0. The summed E-state index contributed by atoms with van der Waals surface area (Å²) in [5.41, 5.74) is 7.07. The van der Waals surface area contributed by atoms with Crippen LogP contribution >= 0.6 is 0 Å². The molecule has 0 fully saturated rings. The Hall–Kier alpha value is -1.68. The molecule has 1 heterocycles. The van der Waals surface area contributed by atoms with Crippen LogP contribution in [0.3, 0.4) is 0 Å². The Balaban J connectivity index is 2.47. The molecule has 1 aromatic carbocycles. The Bertz CT molecular complexity index is 521. The van der Waals surface area contributed by atoms with Gasteiger partial charge >= 0.3 is 0 Å². The van der Waals surface area contributed by atoms with Crippen molar-refractivity contribution >= 4 is 0 Å². The zero-order valence-electron chi connectivity index (χ0n) is 10.7. The molecule has 2 aromatic rings. The maximum Gasteiger partial charge on any atom is 0.123 e. The third-order valence-electron chi connectivity index (χ3n) is 3.23. The normalized spacial score (nSPS) is 14.4. The topological polar surface area (TPSA) is 43.8 Å². The van der Waals surface area contributed by atoms with Gasteiger partial charge in [-0.3, -0.25) is 0 Å². The quantitative estimate of drug-likeness (QED) is 0.902. The number of aromatic nitrogens is 2. The van der Waals surface area contributed by atoms with Gasteiger partial charge in [0.15, 0.2) is 0 Å². The number of rotatable bonds is 4. The van der Waals surface area contributed by atoms with Crippen molar-refractivity contribution in [1.82, 2.24) is 9.55 Å². The lowest BCUT2D eigenvalue weighted by molar-refractivity contribution is 0.449. The molecule has 0 bridgehead atoms. The summed E-state index contributed by atoms with van der Waals surface area (Å²) in [6.07, 6.45) is 4.45. The van der Waals surface area contributed by atoms with E-state index in [4.69, 9.17) is 5.73 Å². The Morgan fingerprint density at radius 1 is 1.44 bits per heavy atom. The fourth-order valence-corrected chi connectivity index (χ4v) is 2.21. The van der Waals surface area contributed by atoms with Gasteiger partial charge in [0.05, 0.1) is 6.04 Å². The van der Waals surface area contributed by atoms with Crippen molar-refractivity contribution in [2.45, 2.75) is 32.4 Å². The number of halogens is 1. The second-order valence-corrected chi connectivity index (χ2v) is 4.45. The van der Waals surface area contributed by atoms with Crippen LogP contribution in [0.15, 0.2) is 36.7 Å². The summed E-state index contributed by atoms with van der Waals surface area (Å²) < 4.78 is 15.4. The highest BCUT2D eigenvalue weighted by Crippen LogP contribution is 2.24. The zero-order valence-corrected chi connectivity index (χ0v) is 10.7. The van der Waals surface area contributed by atoms with Crippen LogP contribution in [0.25, 0.3) is 0 Å². The lowest BCUT2D eigenvalue weighted by Gasteiger charge is -2.26. The maximum absolute atomic E-state index is 13.4. The Morgan fingerprint density at radius 3 is 2.78 bits per heavy atom. The van der Waals surface area contributed by atoms with Crippen molar-refractivity contribution in [3.8, 4) is 0 Å². The molecular formula is C14H18FN3. The Morgan fingerprint density at radius 2 is 2.22 bits per heavy atom. The Kier molecular flexibility index (Phi) is 3.77. The van der Waals surface area contributed by atoms with Crippen molar-refractivity contribution in [2.24, 2.45) is 5.73 Å². The van der Waals surface area contributed by atoms with Gasteiger partial charge < -0.3 is 10.3 Å². The van der Waals surface area contributed by atoms with E-state index in [1.165, 1.54) is 6.07 Å². The SMILES string of the molecule is CCC(N)C(c1cccc(F)c1)n1ccnc1C. The molecule has 1 aromatic heterocycles. The molecular weight excluding hydrogens is 229 g/mol. The molecule has 4 heteroatoms. The monoisotopic (exact) mass is 247 g/mol. The second kappa shape index (κ2) is 5.31. The average molecular weight is 247 g/mol. The van der Waals surface area contributed by atoms with E-state index in [0.717, 1.165) is 17.8 Å². The van der Waals surface area contributed by atoms with Crippen LogP contribution in [-0.2, 0) is 0 Å². The predicted octanol–water partition coefficient (Wildman–Crippen LogP) is 2.66. The number of benzene rings is 1. The molecule has 0 radical (unpaired) electrons. The molecule has 2 unspecified atom stereocenters. The molecule has 18 heavy (non-hydrogen) atoms. The molecule has 3 nitrogen and oxygen atoms in total. The van der Waals surface area contributed by atoms with Gasteiger partial charge in [-0.25, -0.2) is 9.37 Å². The van der Waals surface area contributed by atoms with Crippen LogP contribution in [0, 0.1) is 12.7 Å². The summed E-state index contributed by atoms with van der Waals surface area (Å²) in [4.78, 5) is 4.22. The molecule has 0 aliphatic carbocycles. The number of hydrogen-bond donors (Lipinski definition) is 1. The number of hydrogen-bond acceptors (Lipinski definition) is 2. The molecule has 0 spiro atoms. The van der Waals surface area contributed by atoms with Crippen LogP contribution < -0.4 is 5.73 Å². The minimum Gasteiger partial charge on any atom is -0.326 e. The van der Waals surface area contributed by atoms with Crippen molar-refractivity contribution in [1.29, 1.82) is 0 Å². The van der Waals surface area contributed by atoms with Crippen molar-refractivity contribution in [2.75, 3.05) is 0 Å². The van der Waals surface area contributed by atoms with Gasteiger partial charge in [-0.1, -0.05) is 19.1 Å². The van der Waals surface area contributed by atoms with Crippen LogP contribution in [0.1, 0.15) is 30.8 Å². The summed E-state index contributed by atoms with van der Waals surface area (Å²) in [6.45, 7) is 3.96. The first kappa shape index (κ1) is 12.8. The highest BCUT2D eigenvalue weighted by Gasteiger charge is 2.21. The van der Waals surface area contributed by atoms with Gasteiger partial charge in [0, 0.05) is 18.4 Å². The summed E-state index contributed by atoms with van der Waals surface area (Å²) in [6, 6.07) is 6.46. The third kappa shape index (κ3) is 2.43. The largest absolute Gasteiger partial charge is 0.326 e. The fraction of sp³-hybridized carbons (Fsp3) is 0.357. The molecule has 0 amide bonds. The minimum absolute atomic E-state index is 0.0697. The van der Waals surface area contributed by atoms with E-state index in [1.54, 1.807) is 18.3 Å². The zero-order chi connectivity index (χ0) is 13.1. The highest BCUT2D eigenvalue weighted by atomic mass is 19.1. The van der Waals surface area contributed by atoms with E-state index in [0.29, 0.717) is 0 Å². The van der Waals surface area contributed by atoms with E-state index >= 15 is 0 Å². The summed E-state index contributed by atoms with van der Waals surface area (Å²) in [7, 11) is 0. The predicted molar refractivity (Wildman–Crippen MR) is 69.8 cm³/mol. The molecule has 2 N–H and O–H groups in total. The van der Waals surface area contributed by atoms with Crippen molar-refractivity contribution in [3.05, 3.63) is 53.9 Å². The number of imidazole rings is 1. The van der Waals surface area contributed by atoms with Gasteiger partial charge in [0.2, 0.25) is 0 Å². The molecule has 2 atom stereocenters. The second-order valence-electron chi connectivity index (χ2n) is 4.45. The summed E-state index contributed by atoms with van der Waals surface area (Å²) in [5.74, 6) is 0.645. The van der Waals surface area contributed by atoms with Crippen LogP contribution in [0.2, 0.25) is 0 Å². The number of nitrogens with two attached hydrogens (primary N) is 1. The minimum atomic E-state index is -0.237. The van der Waals surface area contributed by atoms with E-state index in [2.05, 4.69) is 4.98 Å². The Labute approximate surface area is 106 Å². The van der Waals surface area contributed by atoms with Crippen molar-refractivity contribution < 1.29 is 4.39 Å². The maximum atomic E-state index is 13.4. The molecule has 0 aliphatic heterocycles. The highest BCUT2D eigenvalue weighted by molar-refractivity contribution is 5.23. The van der Waals surface area contributed by atoms with Gasteiger partial charge in [-0.15, -0.1) is 0 Å². The van der Waals surface area contributed by atoms with Gasteiger partial charge in [0.25, 0.3) is 0 Å².